The van der Waals surface area contributed by atoms with Crippen LogP contribution in [-0.2, 0) is 0 Å². The van der Waals surface area contributed by atoms with Gasteiger partial charge in [-0.15, -0.1) is 0 Å². The molecule has 3 saturated carbocycles. The van der Waals surface area contributed by atoms with Gasteiger partial charge in [0.05, 0.1) is 0 Å². The largest absolute Gasteiger partial charge is 0.0622 e. The van der Waals surface area contributed by atoms with Crippen molar-refractivity contribution in [2.75, 3.05) is 0 Å². The highest BCUT2D eigenvalue weighted by Gasteiger charge is 2.64. The fourth-order valence-corrected chi connectivity index (χ4v) is 4.06. The highest BCUT2D eigenvalue weighted by molar-refractivity contribution is 5.12. The molecule has 6 atom stereocenters. The Bertz CT molecular complexity index is 164. The minimum Gasteiger partial charge on any atom is -0.0622 e. The molecular weight excluding hydrogens is 132 g/mol. The van der Waals surface area contributed by atoms with Gasteiger partial charge in [-0.05, 0) is 41.9 Å². The monoisotopic (exact) mass is 150 g/mol. The van der Waals surface area contributed by atoms with Crippen LogP contribution in [0.4, 0.5) is 0 Å². The predicted octanol–water partition coefficient (Wildman–Crippen LogP) is 2.93. The highest BCUT2D eigenvalue weighted by atomic mass is 14.7. The van der Waals surface area contributed by atoms with Crippen LogP contribution in [0.15, 0.2) is 0 Å². The van der Waals surface area contributed by atoms with Crippen LogP contribution in [0.1, 0.15) is 33.1 Å². The van der Waals surface area contributed by atoms with Gasteiger partial charge in [-0.1, -0.05) is 26.7 Å². The fraction of sp³-hybridized carbons (Fsp3) is 1.00. The third-order valence-electron chi connectivity index (χ3n) is 4.72. The fourth-order valence-electron chi connectivity index (χ4n) is 4.06. The Morgan fingerprint density at radius 2 is 1.27 bits per heavy atom. The van der Waals surface area contributed by atoms with E-state index in [1.54, 1.807) is 6.42 Å². The second kappa shape index (κ2) is 1.84. The summed E-state index contributed by atoms with van der Waals surface area (Å²) in [6.45, 7) is 4.97. The molecule has 0 amide bonds. The molecule has 0 aliphatic heterocycles. The summed E-state index contributed by atoms with van der Waals surface area (Å²) in [7, 11) is 0. The zero-order chi connectivity index (χ0) is 7.59. The van der Waals surface area contributed by atoms with Gasteiger partial charge >= 0.3 is 0 Å². The van der Waals surface area contributed by atoms with Gasteiger partial charge in [0.25, 0.3) is 0 Å². The van der Waals surface area contributed by atoms with Crippen LogP contribution < -0.4 is 0 Å². The number of hydrogen-bond donors (Lipinski definition) is 0. The molecule has 0 heterocycles. The maximum atomic E-state index is 2.48. The minimum absolute atomic E-state index is 1.07. The summed E-state index contributed by atoms with van der Waals surface area (Å²) in [5, 5.41) is 0. The van der Waals surface area contributed by atoms with E-state index < -0.39 is 0 Å². The van der Waals surface area contributed by atoms with Gasteiger partial charge in [0.15, 0.2) is 0 Å². The van der Waals surface area contributed by atoms with Crippen molar-refractivity contribution in [1.29, 1.82) is 0 Å². The van der Waals surface area contributed by atoms with Crippen LogP contribution in [0, 0.1) is 35.5 Å². The van der Waals surface area contributed by atoms with E-state index in [1.165, 1.54) is 36.5 Å². The van der Waals surface area contributed by atoms with Crippen molar-refractivity contribution < 1.29 is 0 Å². The van der Waals surface area contributed by atoms with Gasteiger partial charge in [-0.25, -0.2) is 0 Å². The SMILES string of the molecule is CC1CCC(C)C2C3CC3C12. The Hall–Kier alpha value is 0. The van der Waals surface area contributed by atoms with Gasteiger partial charge < -0.3 is 0 Å². The van der Waals surface area contributed by atoms with E-state index >= 15 is 0 Å². The van der Waals surface area contributed by atoms with Gasteiger partial charge in [0.1, 0.15) is 0 Å². The number of rotatable bonds is 0. The molecule has 0 N–H and O–H groups in total. The van der Waals surface area contributed by atoms with Gasteiger partial charge in [0.2, 0.25) is 0 Å². The van der Waals surface area contributed by atoms with Crippen LogP contribution in [-0.4, -0.2) is 0 Å². The second-order valence-corrected chi connectivity index (χ2v) is 5.25. The molecule has 11 heavy (non-hydrogen) atoms. The van der Waals surface area contributed by atoms with Crippen molar-refractivity contribution in [3.63, 3.8) is 0 Å². The molecule has 6 unspecified atom stereocenters. The van der Waals surface area contributed by atoms with E-state index in [9.17, 15) is 0 Å². The summed E-state index contributed by atoms with van der Waals surface area (Å²) in [5.41, 5.74) is 0. The lowest BCUT2D eigenvalue weighted by Gasteiger charge is -2.48. The maximum absolute atomic E-state index is 2.48. The standard InChI is InChI=1S/C11H18/c1-6-3-4-7(2)11-9-5-8(9)10(6)11/h6-11H,3-5H2,1-2H3. The second-order valence-electron chi connectivity index (χ2n) is 5.25. The average Bonchev–Trinajstić information content (AvgIpc) is 2.59. The van der Waals surface area contributed by atoms with Crippen molar-refractivity contribution in [2.24, 2.45) is 35.5 Å². The topological polar surface area (TPSA) is 0 Å². The molecule has 3 aliphatic carbocycles. The zero-order valence-corrected chi connectivity index (χ0v) is 7.59. The Kier molecular flexibility index (Phi) is 1.09. The van der Waals surface area contributed by atoms with Gasteiger partial charge in [0, 0.05) is 0 Å². The van der Waals surface area contributed by atoms with E-state index in [2.05, 4.69) is 13.8 Å². The third kappa shape index (κ3) is 0.666. The molecule has 3 fully saturated rings. The summed E-state index contributed by atoms with van der Waals surface area (Å²) < 4.78 is 0. The molecule has 0 heteroatoms. The lowest BCUT2D eigenvalue weighted by atomic mass is 9.57. The van der Waals surface area contributed by atoms with Crippen molar-refractivity contribution in [3.05, 3.63) is 0 Å². The predicted molar refractivity (Wildman–Crippen MR) is 46.1 cm³/mol. The van der Waals surface area contributed by atoms with Crippen LogP contribution in [0.2, 0.25) is 0 Å². The molecule has 0 radical (unpaired) electrons. The highest BCUT2D eigenvalue weighted by Crippen LogP contribution is 2.70. The quantitative estimate of drug-likeness (QED) is 0.498. The van der Waals surface area contributed by atoms with E-state index in [0.29, 0.717) is 0 Å². The van der Waals surface area contributed by atoms with Crippen molar-refractivity contribution in [1.82, 2.24) is 0 Å². The van der Waals surface area contributed by atoms with Crippen LogP contribution >= 0.6 is 0 Å². The normalized spacial score (nSPS) is 66.0. The average molecular weight is 150 g/mol. The molecule has 3 rings (SSSR count). The first-order valence-electron chi connectivity index (χ1n) is 5.29. The third-order valence-corrected chi connectivity index (χ3v) is 4.72. The zero-order valence-electron chi connectivity index (χ0n) is 7.59. The summed E-state index contributed by atoms with van der Waals surface area (Å²) in [4.78, 5) is 0. The number of hydrogen-bond acceptors (Lipinski definition) is 0. The molecule has 0 bridgehead atoms. The maximum Gasteiger partial charge on any atom is -0.0323 e. The summed E-state index contributed by atoms with van der Waals surface area (Å²) in [6.07, 6.45) is 4.64. The Morgan fingerprint density at radius 3 is 1.73 bits per heavy atom. The van der Waals surface area contributed by atoms with Crippen molar-refractivity contribution >= 4 is 0 Å². The van der Waals surface area contributed by atoms with E-state index in [4.69, 9.17) is 0 Å². The molecule has 0 saturated heterocycles. The van der Waals surface area contributed by atoms with Crippen molar-refractivity contribution in [3.8, 4) is 0 Å². The van der Waals surface area contributed by atoms with Gasteiger partial charge in [-0.3, -0.25) is 0 Å². The van der Waals surface area contributed by atoms with E-state index in [1.807, 2.05) is 0 Å². The molecular formula is C11H18. The molecule has 0 nitrogen and oxygen atoms in total. The Morgan fingerprint density at radius 1 is 0.818 bits per heavy atom. The molecule has 3 aliphatic rings. The van der Waals surface area contributed by atoms with Crippen molar-refractivity contribution in [2.45, 2.75) is 33.1 Å². The Labute approximate surface area is 69.4 Å². The van der Waals surface area contributed by atoms with Gasteiger partial charge in [-0.2, -0.15) is 0 Å². The first kappa shape index (κ1) is 6.51. The summed E-state index contributed by atoms with van der Waals surface area (Å²) in [5.74, 6) is 6.89. The first-order valence-corrected chi connectivity index (χ1v) is 5.29. The molecule has 0 aromatic rings. The minimum atomic E-state index is 1.07. The number of fused-ring (bicyclic) bond motifs is 4. The molecule has 62 valence electrons. The lowest BCUT2D eigenvalue weighted by molar-refractivity contribution is 0.00325. The van der Waals surface area contributed by atoms with E-state index in [-0.39, 0.29) is 0 Å². The molecule has 0 aromatic carbocycles. The summed E-state index contributed by atoms with van der Waals surface area (Å²) in [6, 6.07) is 0. The van der Waals surface area contributed by atoms with Crippen LogP contribution in [0.3, 0.4) is 0 Å². The summed E-state index contributed by atoms with van der Waals surface area (Å²) >= 11 is 0. The Balaban J connectivity index is 1.84. The molecule has 0 spiro atoms. The smallest absolute Gasteiger partial charge is 0.0323 e. The van der Waals surface area contributed by atoms with Crippen LogP contribution in [0.25, 0.3) is 0 Å². The first-order chi connectivity index (χ1) is 5.29. The van der Waals surface area contributed by atoms with Crippen LogP contribution in [0.5, 0.6) is 0 Å². The van der Waals surface area contributed by atoms with E-state index in [0.717, 1.165) is 11.8 Å². The lowest BCUT2D eigenvalue weighted by Crippen LogP contribution is -2.42. The molecule has 0 aromatic heterocycles.